The average Bonchev–Trinajstić information content (AvgIpc) is 2.26. The molecule has 1 unspecified atom stereocenters. The minimum Gasteiger partial charge on any atom is -0.496 e. The van der Waals surface area contributed by atoms with Gasteiger partial charge in [0.05, 0.1) is 13.8 Å². The SMILES string of the molecule is COc1ccccc1C(CF)CCN. The van der Waals surface area contributed by atoms with Crippen LogP contribution in [0.1, 0.15) is 17.9 Å². The van der Waals surface area contributed by atoms with Gasteiger partial charge in [0, 0.05) is 5.92 Å². The van der Waals surface area contributed by atoms with E-state index in [1.807, 2.05) is 24.3 Å². The van der Waals surface area contributed by atoms with E-state index < -0.39 is 6.67 Å². The summed E-state index contributed by atoms with van der Waals surface area (Å²) >= 11 is 0. The van der Waals surface area contributed by atoms with E-state index in [2.05, 4.69) is 0 Å². The maximum absolute atomic E-state index is 12.7. The number of benzene rings is 1. The van der Waals surface area contributed by atoms with Crippen LogP contribution in [0.4, 0.5) is 4.39 Å². The highest BCUT2D eigenvalue weighted by atomic mass is 19.1. The van der Waals surface area contributed by atoms with Crippen molar-refractivity contribution in [1.82, 2.24) is 0 Å². The van der Waals surface area contributed by atoms with Gasteiger partial charge in [0.2, 0.25) is 0 Å². The van der Waals surface area contributed by atoms with Crippen LogP contribution in [0.25, 0.3) is 0 Å². The molecule has 0 aromatic heterocycles. The Labute approximate surface area is 83.9 Å². The number of ether oxygens (including phenoxy) is 1. The van der Waals surface area contributed by atoms with Gasteiger partial charge < -0.3 is 10.5 Å². The summed E-state index contributed by atoms with van der Waals surface area (Å²) in [5.74, 6) is 0.597. The molecule has 0 saturated heterocycles. The van der Waals surface area contributed by atoms with E-state index in [0.717, 1.165) is 11.3 Å². The summed E-state index contributed by atoms with van der Waals surface area (Å²) in [7, 11) is 1.59. The lowest BCUT2D eigenvalue weighted by Gasteiger charge is -2.15. The van der Waals surface area contributed by atoms with Gasteiger partial charge in [-0.15, -0.1) is 0 Å². The first-order chi connectivity index (χ1) is 6.83. The molecule has 0 heterocycles. The van der Waals surface area contributed by atoms with E-state index >= 15 is 0 Å². The van der Waals surface area contributed by atoms with Gasteiger partial charge in [-0.2, -0.15) is 0 Å². The van der Waals surface area contributed by atoms with Gasteiger partial charge in [-0.1, -0.05) is 18.2 Å². The summed E-state index contributed by atoms with van der Waals surface area (Å²) in [6, 6.07) is 7.49. The fourth-order valence-electron chi connectivity index (χ4n) is 1.52. The van der Waals surface area contributed by atoms with Crippen LogP contribution in [0.5, 0.6) is 5.75 Å². The summed E-state index contributed by atoms with van der Waals surface area (Å²) in [6.07, 6.45) is 0.650. The average molecular weight is 197 g/mol. The molecule has 2 nitrogen and oxygen atoms in total. The third kappa shape index (κ3) is 2.45. The molecule has 0 aliphatic carbocycles. The van der Waals surface area contributed by atoms with Crippen LogP contribution in [-0.2, 0) is 0 Å². The number of hydrogen-bond acceptors (Lipinski definition) is 2. The van der Waals surface area contributed by atoms with E-state index in [4.69, 9.17) is 10.5 Å². The third-order valence-electron chi connectivity index (χ3n) is 2.28. The van der Waals surface area contributed by atoms with Crippen molar-refractivity contribution >= 4 is 0 Å². The Balaban J connectivity index is 2.90. The van der Waals surface area contributed by atoms with Crippen molar-refractivity contribution in [2.24, 2.45) is 5.73 Å². The second kappa shape index (κ2) is 5.60. The van der Waals surface area contributed by atoms with Crippen LogP contribution in [0.2, 0.25) is 0 Å². The van der Waals surface area contributed by atoms with Crippen LogP contribution in [-0.4, -0.2) is 20.3 Å². The molecule has 0 bridgehead atoms. The van der Waals surface area contributed by atoms with Gasteiger partial charge in [0.25, 0.3) is 0 Å². The Kier molecular flexibility index (Phi) is 4.40. The second-order valence-electron chi connectivity index (χ2n) is 3.17. The Hall–Kier alpha value is -1.09. The van der Waals surface area contributed by atoms with E-state index in [0.29, 0.717) is 13.0 Å². The minimum atomic E-state index is -0.391. The van der Waals surface area contributed by atoms with Gasteiger partial charge in [0.15, 0.2) is 0 Å². The monoisotopic (exact) mass is 197 g/mol. The van der Waals surface area contributed by atoms with Crippen LogP contribution in [0, 0.1) is 0 Å². The summed E-state index contributed by atoms with van der Waals surface area (Å²) in [5, 5.41) is 0. The van der Waals surface area contributed by atoms with Gasteiger partial charge in [-0.3, -0.25) is 4.39 Å². The first-order valence-corrected chi connectivity index (χ1v) is 4.72. The second-order valence-corrected chi connectivity index (χ2v) is 3.17. The topological polar surface area (TPSA) is 35.2 Å². The smallest absolute Gasteiger partial charge is 0.122 e. The number of para-hydroxylation sites is 1. The van der Waals surface area contributed by atoms with Crippen LogP contribution >= 0.6 is 0 Å². The van der Waals surface area contributed by atoms with Crippen molar-refractivity contribution in [2.45, 2.75) is 12.3 Å². The molecule has 0 aliphatic rings. The summed E-state index contributed by atoms with van der Waals surface area (Å²) in [6.45, 7) is 0.101. The van der Waals surface area contributed by atoms with Crippen LogP contribution in [0.3, 0.4) is 0 Å². The zero-order valence-corrected chi connectivity index (χ0v) is 8.37. The van der Waals surface area contributed by atoms with E-state index in [9.17, 15) is 4.39 Å². The Morgan fingerprint density at radius 1 is 1.43 bits per heavy atom. The standard InChI is InChI=1S/C11H16FNO/c1-14-11-5-3-2-4-10(11)9(8-12)6-7-13/h2-5,9H,6-8,13H2,1H3. The molecule has 0 spiro atoms. The molecule has 1 rings (SSSR count). The number of halogens is 1. The summed E-state index contributed by atoms with van der Waals surface area (Å²) in [4.78, 5) is 0. The number of alkyl halides is 1. The molecule has 1 aromatic rings. The lowest BCUT2D eigenvalue weighted by Crippen LogP contribution is -2.10. The molecule has 2 N–H and O–H groups in total. The number of nitrogens with two attached hydrogens (primary N) is 1. The lowest BCUT2D eigenvalue weighted by molar-refractivity contribution is 0.381. The normalized spacial score (nSPS) is 12.5. The first-order valence-electron chi connectivity index (χ1n) is 4.72. The van der Waals surface area contributed by atoms with Crippen LogP contribution < -0.4 is 10.5 Å². The quantitative estimate of drug-likeness (QED) is 0.784. The summed E-state index contributed by atoms with van der Waals surface area (Å²) < 4.78 is 17.9. The van der Waals surface area contributed by atoms with Crippen molar-refractivity contribution < 1.29 is 9.13 Å². The predicted molar refractivity (Wildman–Crippen MR) is 55.4 cm³/mol. The van der Waals surface area contributed by atoms with Crippen molar-refractivity contribution in [1.29, 1.82) is 0 Å². The molecular formula is C11H16FNO. The Morgan fingerprint density at radius 3 is 2.71 bits per heavy atom. The number of methoxy groups -OCH3 is 1. The van der Waals surface area contributed by atoms with Gasteiger partial charge >= 0.3 is 0 Å². The van der Waals surface area contributed by atoms with Gasteiger partial charge in [0.1, 0.15) is 5.75 Å². The number of rotatable bonds is 5. The highest BCUT2D eigenvalue weighted by molar-refractivity contribution is 5.36. The molecular weight excluding hydrogens is 181 g/mol. The maximum atomic E-state index is 12.7. The molecule has 0 radical (unpaired) electrons. The molecule has 0 fully saturated rings. The Morgan fingerprint density at radius 2 is 2.14 bits per heavy atom. The zero-order chi connectivity index (χ0) is 10.4. The highest BCUT2D eigenvalue weighted by Crippen LogP contribution is 2.28. The fourth-order valence-corrected chi connectivity index (χ4v) is 1.52. The van der Waals surface area contributed by atoms with Crippen LogP contribution in [0.15, 0.2) is 24.3 Å². The summed E-state index contributed by atoms with van der Waals surface area (Å²) in [5.41, 5.74) is 6.33. The van der Waals surface area contributed by atoms with Crippen molar-refractivity contribution in [3.63, 3.8) is 0 Å². The van der Waals surface area contributed by atoms with E-state index in [1.165, 1.54) is 0 Å². The van der Waals surface area contributed by atoms with E-state index in [-0.39, 0.29) is 5.92 Å². The van der Waals surface area contributed by atoms with Gasteiger partial charge in [-0.25, -0.2) is 0 Å². The van der Waals surface area contributed by atoms with Crippen molar-refractivity contribution in [3.05, 3.63) is 29.8 Å². The number of hydrogen-bond donors (Lipinski definition) is 1. The molecule has 78 valence electrons. The Bertz CT molecular complexity index is 278. The van der Waals surface area contributed by atoms with Crippen molar-refractivity contribution in [3.8, 4) is 5.75 Å². The lowest BCUT2D eigenvalue weighted by atomic mass is 9.96. The molecule has 14 heavy (non-hydrogen) atoms. The first kappa shape index (κ1) is 11.0. The van der Waals surface area contributed by atoms with Crippen molar-refractivity contribution in [2.75, 3.05) is 20.3 Å². The molecule has 3 heteroatoms. The maximum Gasteiger partial charge on any atom is 0.122 e. The van der Waals surface area contributed by atoms with Gasteiger partial charge in [-0.05, 0) is 24.6 Å². The molecule has 0 saturated carbocycles. The third-order valence-corrected chi connectivity index (χ3v) is 2.28. The minimum absolute atomic E-state index is 0.142. The largest absolute Gasteiger partial charge is 0.496 e. The highest BCUT2D eigenvalue weighted by Gasteiger charge is 2.14. The zero-order valence-electron chi connectivity index (χ0n) is 8.37. The molecule has 1 atom stereocenters. The fraction of sp³-hybridized carbons (Fsp3) is 0.455. The predicted octanol–water partition coefficient (Wildman–Crippen LogP) is 2.10. The molecule has 1 aromatic carbocycles. The van der Waals surface area contributed by atoms with E-state index in [1.54, 1.807) is 7.11 Å². The molecule has 0 aliphatic heterocycles. The molecule has 0 amide bonds.